The molecule has 0 aliphatic rings. The van der Waals surface area contributed by atoms with Crippen molar-refractivity contribution in [2.45, 2.75) is 26.4 Å². The Morgan fingerprint density at radius 1 is 1.03 bits per heavy atom. The van der Waals surface area contributed by atoms with Crippen LogP contribution in [0.3, 0.4) is 0 Å². The van der Waals surface area contributed by atoms with Gasteiger partial charge >= 0.3 is 12.1 Å². The Hall–Kier alpha value is -4.21. The van der Waals surface area contributed by atoms with Crippen LogP contribution in [0.4, 0.5) is 15.4 Å². The number of amides is 3. The predicted octanol–water partition coefficient (Wildman–Crippen LogP) is 3.94. The molecule has 0 spiro atoms. The van der Waals surface area contributed by atoms with Crippen LogP contribution in [0, 0.1) is 0 Å². The van der Waals surface area contributed by atoms with Crippen LogP contribution in [0.2, 0.25) is 0 Å². The number of ether oxygens (including phenoxy) is 3. The van der Waals surface area contributed by atoms with Gasteiger partial charge in [0.25, 0.3) is 0 Å². The second kappa shape index (κ2) is 10.6. The Balaban J connectivity index is 1.85. The van der Waals surface area contributed by atoms with Gasteiger partial charge in [-0.2, -0.15) is 0 Å². The maximum absolute atomic E-state index is 12.3. The van der Waals surface area contributed by atoms with Crippen LogP contribution in [-0.2, 0) is 4.74 Å². The molecule has 0 aliphatic heterocycles. The standard InChI is InChI=1S/C24H29N5O5/c1-24(2,3)34-23(31)27-21-15-20(29(28-21)17-7-11-18(32-4)12-8-17)16-5-9-19(10-6-16)33-14-13-26-22(25)30/h5-12,15H,13-14H2,1-4H3,(H3,25,26,30)(H,27,28,31). The largest absolute Gasteiger partial charge is 0.497 e. The van der Waals surface area contributed by atoms with E-state index in [1.165, 1.54) is 0 Å². The second-order valence-electron chi connectivity index (χ2n) is 8.32. The van der Waals surface area contributed by atoms with E-state index in [1.807, 2.05) is 48.5 Å². The average molecular weight is 468 g/mol. The molecule has 34 heavy (non-hydrogen) atoms. The first-order valence-corrected chi connectivity index (χ1v) is 10.7. The van der Waals surface area contributed by atoms with Gasteiger partial charge in [0.2, 0.25) is 0 Å². The summed E-state index contributed by atoms with van der Waals surface area (Å²) in [6.07, 6.45) is -0.591. The molecule has 0 saturated heterocycles. The number of primary amides is 1. The zero-order chi connectivity index (χ0) is 24.7. The molecule has 3 aromatic rings. The lowest BCUT2D eigenvalue weighted by Crippen LogP contribution is -2.32. The number of carbonyl (C=O) groups is 2. The fraction of sp³-hybridized carbons (Fsp3) is 0.292. The zero-order valence-electron chi connectivity index (χ0n) is 19.6. The van der Waals surface area contributed by atoms with Crippen LogP contribution < -0.4 is 25.8 Å². The average Bonchev–Trinajstić information content (AvgIpc) is 3.19. The van der Waals surface area contributed by atoms with Gasteiger partial charge in [0.05, 0.1) is 25.0 Å². The topological polar surface area (TPSA) is 130 Å². The smallest absolute Gasteiger partial charge is 0.413 e. The highest BCUT2D eigenvalue weighted by molar-refractivity contribution is 5.85. The van der Waals surface area contributed by atoms with Crippen molar-refractivity contribution in [1.82, 2.24) is 15.1 Å². The molecule has 4 N–H and O–H groups in total. The molecule has 0 fully saturated rings. The minimum Gasteiger partial charge on any atom is -0.497 e. The molecule has 10 nitrogen and oxygen atoms in total. The summed E-state index contributed by atoms with van der Waals surface area (Å²) in [4.78, 5) is 23.0. The van der Waals surface area contributed by atoms with Crippen LogP contribution in [0.5, 0.6) is 11.5 Å². The van der Waals surface area contributed by atoms with Gasteiger partial charge in [0, 0.05) is 11.6 Å². The van der Waals surface area contributed by atoms with Crippen LogP contribution >= 0.6 is 0 Å². The summed E-state index contributed by atoms with van der Waals surface area (Å²) >= 11 is 0. The van der Waals surface area contributed by atoms with Gasteiger partial charge in [-0.3, -0.25) is 5.32 Å². The van der Waals surface area contributed by atoms with E-state index in [1.54, 1.807) is 38.6 Å². The van der Waals surface area contributed by atoms with Gasteiger partial charge in [0.1, 0.15) is 23.7 Å². The molecule has 10 heteroatoms. The van der Waals surface area contributed by atoms with E-state index in [2.05, 4.69) is 15.7 Å². The van der Waals surface area contributed by atoms with Crippen molar-refractivity contribution in [3.63, 3.8) is 0 Å². The molecule has 3 rings (SSSR count). The molecule has 0 atom stereocenters. The highest BCUT2D eigenvalue weighted by atomic mass is 16.6. The fourth-order valence-electron chi connectivity index (χ4n) is 3.04. The number of methoxy groups -OCH3 is 1. The van der Waals surface area contributed by atoms with Crippen molar-refractivity contribution in [2.24, 2.45) is 5.73 Å². The summed E-state index contributed by atoms with van der Waals surface area (Å²) in [5.74, 6) is 1.70. The van der Waals surface area contributed by atoms with E-state index in [9.17, 15) is 9.59 Å². The highest BCUT2D eigenvalue weighted by Crippen LogP contribution is 2.28. The third kappa shape index (κ3) is 6.89. The number of hydrogen-bond acceptors (Lipinski definition) is 6. The zero-order valence-corrected chi connectivity index (χ0v) is 19.6. The van der Waals surface area contributed by atoms with Crippen LogP contribution in [-0.4, -0.2) is 47.8 Å². The van der Waals surface area contributed by atoms with Crippen molar-refractivity contribution in [3.05, 3.63) is 54.6 Å². The van der Waals surface area contributed by atoms with Crippen LogP contribution in [0.25, 0.3) is 16.9 Å². The summed E-state index contributed by atoms with van der Waals surface area (Å²) in [6, 6.07) is 16.0. The number of nitrogens with two attached hydrogens (primary N) is 1. The maximum Gasteiger partial charge on any atom is 0.413 e. The monoisotopic (exact) mass is 467 g/mol. The number of aromatic nitrogens is 2. The Labute approximate surface area is 198 Å². The Kier molecular flexibility index (Phi) is 7.62. The van der Waals surface area contributed by atoms with Crippen LogP contribution in [0.15, 0.2) is 54.6 Å². The molecule has 1 aromatic heterocycles. The van der Waals surface area contributed by atoms with Crippen molar-refractivity contribution in [3.8, 4) is 28.4 Å². The molecule has 0 radical (unpaired) electrons. The quantitative estimate of drug-likeness (QED) is 0.430. The highest BCUT2D eigenvalue weighted by Gasteiger charge is 2.19. The van der Waals surface area contributed by atoms with Gasteiger partial charge in [-0.1, -0.05) is 0 Å². The number of rotatable bonds is 8. The van der Waals surface area contributed by atoms with Gasteiger partial charge in [-0.25, -0.2) is 14.3 Å². The Morgan fingerprint density at radius 3 is 2.26 bits per heavy atom. The minimum absolute atomic E-state index is 0.288. The first-order chi connectivity index (χ1) is 16.1. The van der Waals surface area contributed by atoms with Gasteiger partial charge in [-0.15, -0.1) is 5.10 Å². The molecule has 180 valence electrons. The third-order valence-electron chi connectivity index (χ3n) is 4.48. The number of carbonyl (C=O) groups excluding carboxylic acids is 2. The van der Waals surface area contributed by atoms with E-state index < -0.39 is 17.7 Å². The summed E-state index contributed by atoms with van der Waals surface area (Å²) in [6.45, 7) is 5.97. The van der Waals surface area contributed by atoms with Crippen molar-refractivity contribution < 1.29 is 23.8 Å². The SMILES string of the molecule is COc1ccc(-n2nc(NC(=O)OC(C)(C)C)cc2-c2ccc(OCCNC(N)=O)cc2)cc1. The van der Waals surface area contributed by atoms with E-state index in [0.29, 0.717) is 18.1 Å². The molecular weight excluding hydrogens is 438 g/mol. The summed E-state index contributed by atoms with van der Waals surface area (Å²) in [7, 11) is 1.60. The van der Waals surface area contributed by atoms with Gasteiger partial charge in [-0.05, 0) is 69.3 Å². The molecule has 0 aliphatic carbocycles. The van der Waals surface area contributed by atoms with Gasteiger partial charge < -0.3 is 25.3 Å². The molecule has 1 heterocycles. The molecule has 0 unspecified atom stereocenters. The van der Waals surface area contributed by atoms with Gasteiger partial charge in [0.15, 0.2) is 5.82 Å². The fourth-order valence-corrected chi connectivity index (χ4v) is 3.04. The normalized spacial score (nSPS) is 10.9. The summed E-state index contributed by atoms with van der Waals surface area (Å²) in [5.41, 5.74) is 6.79. The number of nitrogens with one attached hydrogen (secondary N) is 2. The van der Waals surface area contributed by atoms with Crippen LogP contribution in [0.1, 0.15) is 20.8 Å². The Bertz CT molecular complexity index is 1120. The number of benzene rings is 2. The first-order valence-electron chi connectivity index (χ1n) is 10.7. The summed E-state index contributed by atoms with van der Waals surface area (Å²) in [5, 5.41) is 9.72. The maximum atomic E-state index is 12.3. The number of nitrogens with zero attached hydrogens (tertiary/aromatic N) is 2. The minimum atomic E-state index is -0.631. The molecule has 0 bridgehead atoms. The lowest BCUT2D eigenvalue weighted by atomic mass is 10.1. The molecular formula is C24H29N5O5. The van der Waals surface area contributed by atoms with Crippen molar-refractivity contribution >= 4 is 17.9 Å². The predicted molar refractivity (Wildman–Crippen MR) is 128 cm³/mol. The molecule has 3 amide bonds. The number of anilines is 1. The molecule has 0 saturated carbocycles. The lowest BCUT2D eigenvalue weighted by molar-refractivity contribution is 0.0635. The van der Waals surface area contributed by atoms with E-state index in [4.69, 9.17) is 19.9 Å². The summed E-state index contributed by atoms with van der Waals surface area (Å²) < 4.78 is 17.9. The van der Waals surface area contributed by atoms with E-state index in [0.717, 1.165) is 22.7 Å². The van der Waals surface area contributed by atoms with Crippen molar-refractivity contribution in [1.29, 1.82) is 0 Å². The molecule has 2 aromatic carbocycles. The number of urea groups is 1. The number of hydrogen-bond donors (Lipinski definition) is 3. The lowest BCUT2D eigenvalue weighted by Gasteiger charge is -2.19. The first kappa shape index (κ1) is 24.4. The van der Waals surface area contributed by atoms with E-state index >= 15 is 0 Å². The van der Waals surface area contributed by atoms with Crippen molar-refractivity contribution in [2.75, 3.05) is 25.6 Å². The van der Waals surface area contributed by atoms with E-state index in [-0.39, 0.29) is 6.61 Å². The second-order valence-corrected chi connectivity index (χ2v) is 8.32. The Morgan fingerprint density at radius 2 is 1.68 bits per heavy atom. The third-order valence-corrected chi connectivity index (χ3v) is 4.48.